The molecule has 1 aliphatic carbocycles. The van der Waals surface area contributed by atoms with E-state index < -0.39 is 11.0 Å². The van der Waals surface area contributed by atoms with Gasteiger partial charge in [0.1, 0.15) is 17.1 Å². The fraction of sp³-hybridized carbons (Fsp3) is 0.526. The standard InChI is InChI=1S/C19H23FN4O2/c1-18(2,26)16-12-24(22-21-16)15-10-23(11-15)17(25)19(7-4-8-19)13-5-3-6-14(20)9-13/h3,5-6,9,12,15,26H,4,7-8,10-11H2,1-2H3. The fourth-order valence-electron chi connectivity index (χ4n) is 3.77. The Balaban J connectivity index is 1.47. The molecule has 1 aliphatic heterocycles. The van der Waals surface area contributed by atoms with Crippen LogP contribution in [-0.4, -0.2) is 44.0 Å². The average molecular weight is 358 g/mol. The third kappa shape index (κ3) is 2.70. The summed E-state index contributed by atoms with van der Waals surface area (Å²) in [5, 5.41) is 18.1. The molecule has 26 heavy (non-hydrogen) atoms. The maximum atomic E-state index is 13.6. The van der Waals surface area contributed by atoms with Crippen LogP contribution in [0.5, 0.6) is 0 Å². The molecule has 2 heterocycles. The van der Waals surface area contributed by atoms with Gasteiger partial charge in [-0.1, -0.05) is 23.8 Å². The maximum Gasteiger partial charge on any atom is 0.233 e. The number of benzene rings is 1. The van der Waals surface area contributed by atoms with Gasteiger partial charge in [-0.25, -0.2) is 9.07 Å². The zero-order valence-electron chi connectivity index (χ0n) is 15.0. The molecule has 2 aromatic rings. The van der Waals surface area contributed by atoms with E-state index in [-0.39, 0.29) is 17.8 Å². The van der Waals surface area contributed by atoms with Crippen LogP contribution in [0.4, 0.5) is 4.39 Å². The zero-order chi connectivity index (χ0) is 18.5. The smallest absolute Gasteiger partial charge is 0.233 e. The summed E-state index contributed by atoms with van der Waals surface area (Å²) in [5.74, 6) is -0.224. The summed E-state index contributed by atoms with van der Waals surface area (Å²) in [4.78, 5) is 14.9. The van der Waals surface area contributed by atoms with Crippen LogP contribution < -0.4 is 0 Å². The van der Waals surface area contributed by atoms with Gasteiger partial charge in [0.2, 0.25) is 5.91 Å². The van der Waals surface area contributed by atoms with Crippen molar-refractivity contribution in [1.82, 2.24) is 19.9 Å². The lowest BCUT2D eigenvalue weighted by Gasteiger charge is -2.48. The summed E-state index contributed by atoms with van der Waals surface area (Å²) in [6.45, 7) is 4.45. The highest BCUT2D eigenvalue weighted by molar-refractivity contribution is 5.90. The molecule has 0 unspecified atom stereocenters. The topological polar surface area (TPSA) is 71.2 Å². The van der Waals surface area contributed by atoms with E-state index >= 15 is 0 Å². The first-order valence-corrected chi connectivity index (χ1v) is 9.00. The van der Waals surface area contributed by atoms with Crippen LogP contribution in [0.25, 0.3) is 0 Å². The van der Waals surface area contributed by atoms with Crippen molar-refractivity contribution in [3.8, 4) is 0 Å². The minimum atomic E-state index is -1.04. The van der Waals surface area contributed by atoms with Crippen molar-refractivity contribution < 1.29 is 14.3 Å². The Morgan fingerprint density at radius 2 is 2.08 bits per heavy atom. The number of hydrogen-bond acceptors (Lipinski definition) is 4. The Morgan fingerprint density at radius 3 is 2.62 bits per heavy atom. The minimum absolute atomic E-state index is 0.0622. The van der Waals surface area contributed by atoms with Gasteiger partial charge in [-0.15, -0.1) is 5.10 Å². The summed E-state index contributed by atoms with van der Waals surface area (Å²) in [6.07, 6.45) is 4.25. The number of nitrogens with zero attached hydrogens (tertiary/aromatic N) is 4. The fourth-order valence-corrected chi connectivity index (χ4v) is 3.77. The second kappa shape index (κ2) is 5.87. The van der Waals surface area contributed by atoms with Gasteiger partial charge in [0, 0.05) is 13.1 Å². The molecule has 1 amide bonds. The van der Waals surface area contributed by atoms with Gasteiger partial charge in [0.25, 0.3) is 0 Å². The van der Waals surface area contributed by atoms with Crippen molar-refractivity contribution in [2.75, 3.05) is 13.1 Å². The minimum Gasteiger partial charge on any atom is -0.384 e. The van der Waals surface area contributed by atoms with Gasteiger partial charge in [0.15, 0.2) is 0 Å². The van der Waals surface area contributed by atoms with Gasteiger partial charge in [-0.3, -0.25) is 4.79 Å². The van der Waals surface area contributed by atoms with Crippen LogP contribution in [0, 0.1) is 5.82 Å². The summed E-state index contributed by atoms with van der Waals surface area (Å²) < 4.78 is 15.4. The van der Waals surface area contributed by atoms with Crippen LogP contribution in [-0.2, 0) is 15.8 Å². The monoisotopic (exact) mass is 358 g/mol. The highest BCUT2D eigenvalue weighted by atomic mass is 19.1. The van der Waals surface area contributed by atoms with E-state index in [0.717, 1.165) is 24.8 Å². The number of carbonyl (C=O) groups excluding carboxylic acids is 1. The number of hydrogen-bond donors (Lipinski definition) is 1. The lowest BCUT2D eigenvalue weighted by atomic mass is 9.63. The van der Waals surface area contributed by atoms with E-state index in [1.54, 1.807) is 30.8 Å². The molecule has 4 rings (SSSR count). The van der Waals surface area contributed by atoms with Crippen LogP contribution in [0.2, 0.25) is 0 Å². The van der Waals surface area contributed by atoms with Crippen molar-refractivity contribution in [1.29, 1.82) is 0 Å². The first kappa shape index (κ1) is 17.1. The molecule has 0 atom stereocenters. The van der Waals surface area contributed by atoms with E-state index in [2.05, 4.69) is 10.3 Å². The predicted molar refractivity (Wildman–Crippen MR) is 92.8 cm³/mol. The number of rotatable bonds is 4. The van der Waals surface area contributed by atoms with Crippen molar-refractivity contribution in [3.63, 3.8) is 0 Å². The van der Waals surface area contributed by atoms with Crippen LogP contribution in [0.3, 0.4) is 0 Å². The Hall–Kier alpha value is -2.28. The Kier molecular flexibility index (Phi) is 3.87. The highest BCUT2D eigenvalue weighted by Gasteiger charge is 2.50. The lowest BCUT2D eigenvalue weighted by molar-refractivity contribution is -0.147. The quantitative estimate of drug-likeness (QED) is 0.909. The molecular formula is C19H23FN4O2. The van der Waals surface area contributed by atoms with Gasteiger partial charge >= 0.3 is 0 Å². The number of aliphatic hydroxyl groups is 1. The molecule has 2 aliphatic rings. The van der Waals surface area contributed by atoms with E-state index in [4.69, 9.17) is 0 Å². The average Bonchev–Trinajstić information content (AvgIpc) is 2.94. The number of amides is 1. The van der Waals surface area contributed by atoms with Gasteiger partial charge in [0.05, 0.1) is 17.7 Å². The summed E-state index contributed by atoms with van der Waals surface area (Å²) in [6, 6.07) is 6.48. The third-order valence-corrected chi connectivity index (χ3v) is 5.65. The molecule has 2 fully saturated rings. The van der Waals surface area contributed by atoms with Crippen molar-refractivity contribution >= 4 is 5.91 Å². The summed E-state index contributed by atoms with van der Waals surface area (Å²) in [7, 11) is 0. The molecule has 138 valence electrons. The van der Waals surface area contributed by atoms with E-state index in [9.17, 15) is 14.3 Å². The summed E-state index contributed by atoms with van der Waals surface area (Å²) in [5.41, 5.74) is -0.321. The largest absolute Gasteiger partial charge is 0.384 e. The second-order valence-electron chi connectivity index (χ2n) is 7.95. The molecule has 6 nitrogen and oxygen atoms in total. The van der Waals surface area contributed by atoms with Crippen LogP contribution in [0.1, 0.15) is 50.4 Å². The first-order chi connectivity index (χ1) is 12.3. The number of aromatic nitrogens is 3. The lowest BCUT2D eigenvalue weighted by Crippen LogP contribution is -2.59. The molecule has 1 N–H and O–H groups in total. The highest BCUT2D eigenvalue weighted by Crippen LogP contribution is 2.46. The molecule has 7 heteroatoms. The second-order valence-corrected chi connectivity index (χ2v) is 7.95. The third-order valence-electron chi connectivity index (χ3n) is 5.65. The number of carbonyl (C=O) groups is 1. The van der Waals surface area contributed by atoms with Crippen LogP contribution in [0.15, 0.2) is 30.5 Å². The van der Waals surface area contributed by atoms with E-state index in [1.165, 1.54) is 12.1 Å². The molecule has 1 aromatic heterocycles. The molecular weight excluding hydrogens is 335 g/mol. The van der Waals surface area contributed by atoms with Gasteiger partial charge in [-0.05, 0) is 44.4 Å². The molecule has 0 spiro atoms. The van der Waals surface area contributed by atoms with Crippen molar-refractivity contribution in [3.05, 3.63) is 47.5 Å². The van der Waals surface area contributed by atoms with E-state index in [1.807, 2.05) is 11.0 Å². The molecule has 1 aromatic carbocycles. The number of likely N-dealkylation sites (tertiary alicyclic amines) is 1. The molecule has 0 bridgehead atoms. The molecule has 1 saturated carbocycles. The van der Waals surface area contributed by atoms with Gasteiger partial charge < -0.3 is 10.0 Å². The zero-order valence-corrected chi connectivity index (χ0v) is 15.0. The Morgan fingerprint density at radius 1 is 1.35 bits per heavy atom. The molecule has 0 radical (unpaired) electrons. The molecule has 1 saturated heterocycles. The summed E-state index contributed by atoms with van der Waals surface area (Å²) >= 11 is 0. The van der Waals surface area contributed by atoms with Crippen LogP contribution >= 0.6 is 0 Å². The Labute approximate surface area is 151 Å². The normalized spacial score (nSPS) is 19.8. The van der Waals surface area contributed by atoms with Gasteiger partial charge in [-0.2, -0.15) is 0 Å². The SMILES string of the molecule is CC(C)(O)c1cn(C2CN(C(=O)C3(c4cccc(F)c4)CCC3)C2)nn1. The number of halogens is 1. The maximum absolute atomic E-state index is 13.6. The predicted octanol–water partition coefficient (Wildman–Crippen LogP) is 2.15. The van der Waals surface area contributed by atoms with Crippen molar-refractivity contribution in [2.45, 2.75) is 50.2 Å². The first-order valence-electron chi connectivity index (χ1n) is 9.00. The Bertz CT molecular complexity index is 832. The van der Waals surface area contributed by atoms with E-state index in [0.29, 0.717) is 18.8 Å². The van der Waals surface area contributed by atoms with Crippen molar-refractivity contribution in [2.24, 2.45) is 0 Å².